The maximum atomic E-state index is 4.45. The van der Waals surface area contributed by atoms with Gasteiger partial charge in [-0.3, -0.25) is 0 Å². The van der Waals surface area contributed by atoms with Crippen molar-refractivity contribution in [2.75, 3.05) is 25.5 Å². The third kappa shape index (κ3) is 4.19. The van der Waals surface area contributed by atoms with Crippen LogP contribution < -0.4 is 5.32 Å². The van der Waals surface area contributed by atoms with Gasteiger partial charge >= 0.3 is 0 Å². The third-order valence-corrected chi connectivity index (χ3v) is 2.75. The fourth-order valence-corrected chi connectivity index (χ4v) is 1.55. The SMILES string of the molecule is Cc1cc(C)nc(NCCN(C)C(C)C)c1. The molecule has 1 rings (SSSR count). The van der Waals surface area contributed by atoms with Crippen LogP contribution in [0.15, 0.2) is 12.1 Å². The van der Waals surface area contributed by atoms with E-state index in [0.29, 0.717) is 6.04 Å². The molecular formula is C13H23N3. The molecule has 0 amide bonds. The Balaban J connectivity index is 2.43. The fraction of sp³-hybridized carbons (Fsp3) is 0.615. The van der Waals surface area contributed by atoms with Crippen LogP contribution in [-0.2, 0) is 0 Å². The molecule has 0 aliphatic rings. The van der Waals surface area contributed by atoms with Crippen LogP contribution in [0.5, 0.6) is 0 Å². The van der Waals surface area contributed by atoms with E-state index >= 15 is 0 Å². The maximum Gasteiger partial charge on any atom is 0.126 e. The first-order chi connectivity index (χ1) is 7.49. The minimum atomic E-state index is 0.592. The zero-order valence-corrected chi connectivity index (χ0v) is 11.0. The second-order valence-corrected chi connectivity index (χ2v) is 4.67. The van der Waals surface area contributed by atoms with Gasteiger partial charge in [0.05, 0.1) is 0 Å². The van der Waals surface area contributed by atoms with Crippen molar-refractivity contribution in [2.24, 2.45) is 0 Å². The number of nitrogens with one attached hydrogen (secondary N) is 1. The lowest BCUT2D eigenvalue weighted by Crippen LogP contribution is -2.31. The molecule has 0 bridgehead atoms. The number of aromatic nitrogens is 1. The van der Waals surface area contributed by atoms with Crippen LogP contribution in [0.2, 0.25) is 0 Å². The lowest BCUT2D eigenvalue weighted by atomic mass is 10.2. The van der Waals surface area contributed by atoms with E-state index in [-0.39, 0.29) is 0 Å². The van der Waals surface area contributed by atoms with Crippen LogP contribution in [0.4, 0.5) is 5.82 Å². The Hall–Kier alpha value is -1.09. The number of pyridine rings is 1. The van der Waals surface area contributed by atoms with E-state index in [4.69, 9.17) is 0 Å². The molecule has 0 atom stereocenters. The van der Waals surface area contributed by atoms with E-state index in [9.17, 15) is 0 Å². The van der Waals surface area contributed by atoms with Gasteiger partial charge in [0.2, 0.25) is 0 Å². The minimum absolute atomic E-state index is 0.592. The summed E-state index contributed by atoms with van der Waals surface area (Å²) in [5, 5.41) is 3.36. The quantitative estimate of drug-likeness (QED) is 0.828. The van der Waals surface area contributed by atoms with E-state index in [1.54, 1.807) is 0 Å². The van der Waals surface area contributed by atoms with E-state index in [1.807, 2.05) is 6.92 Å². The number of anilines is 1. The molecular weight excluding hydrogens is 198 g/mol. The van der Waals surface area contributed by atoms with Crippen LogP contribution in [-0.4, -0.2) is 36.1 Å². The number of hydrogen-bond donors (Lipinski definition) is 1. The molecule has 0 unspecified atom stereocenters. The molecule has 3 heteroatoms. The number of aryl methyl sites for hydroxylation is 2. The van der Waals surface area contributed by atoms with Crippen molar-refractivity contribution >= 4 is 5.82 Å². The molecule has 0 fully saturated rings. The summed E-state index contributed by atoms with van der Waals surface area (Å²) in [6.07, 6.45) is 0. The molecule has 0 aliphatic heterocycles. The van der Waals surface area contributed by atoms with Gasteiger partial charge in [-0.1, -0.05) is 0 Å². The highest BCUT2D eigenvalue weighted by atomic mass is 15.1. The molecule has 0 spiro atoms. The minimum Gasteiger partial charge on any atom is -0.369 e. The van der Waals surface area contributed by atoms with Crippen LogP contribution in [0.3, 0.4) is 0 Å². The van der Waals surface area contributed by atoms with Crippen molar-refractivity contribution in [1.82, 2.24) is 9.88 Å². The van der Waals surface area contributed by atoms with Gasteiger partial charge in [-0.25, -0.2) is 4.98 Å². The largest absolute Gasteiger partial charge is 0.369 e. The number of likely N-dealkylation sites (N-methyl/N-ethyl adjacent to an activating group) is 1. The van der Waals surface area contributed by atoms with Crippen LogP contribution in [0.1, 0.15) is 25.1 Å². The Morgan fingerprint density at radius 2 is 2.00 bits per heavy atom. The number of hydrogen-bond acceptors (Lipinski definition) is 3. The molecule has 1 heterocycles. The van der Waals surface area contributed by atoms with Crippen molar-refractivity contribution in [1.29, 1.82) is 0 Å². The smallest absolute Gasteiger partial charge is 0.126 e. The Labute approximate surface area is 98.9 Å². The molecule has 3 nitrogen and oxygen atoms in total. The average molecular weight is 221 g/mol. The van der Waals surface area contributed by atoms with Crippen molar-refractivity contribution < 1.29 is 0 Å². The van der Waals surface area contributed by atoms with E-state index in [0.717, 1.165) is 24.6 Å². The fourth-order valence-electron chi connectivity index (χ4n) is 1.55. The Morgan fingerprint density at radius 1 is 1.31 bits per heavy atom. The van der Waals surface area contributed by atoms with Gasteiger partial charge in [0.1, 0.15) is 5.82 Å². The average Bonchev–Trinajstić information content (AvgIpc) is 2.15. The van der Waals surface area contributed by atoms with Gasteiger partial charge < -0.3 is 10.2 Å². The predicted octanol–water partition coefficient (Wildman–Crippen LogP) is 2.45. The third-order valence-electron chi connectivity index (χ3n) is 2.75. The summed E-state index contributed by atoms with van der Waals surface area (Å²) in [7, 11) is 2.14. The van der Waals surface area contributed by atoms with Crippen molar-refractivity contribution in [3.63, 3.8) is 0 Å². The number of rotatable bonds is 5. The predicted molar refractivity (Wildman–Crippen MR) is 70.0 cm³/mol. The first-order valence-corrected chi connectivity index (χ1v) is 5.88. The summed E-state index contributed by atoms with van der Waals surface area (Å²) >= 11 is 0. The highest BCUT2D eigenvalue weighted by Gasteiger charge is 2.02. The topological polar surface area (TPSA) is 28.2 Å². The Morgan fingerprint density at radius 3 is 2.56 bits per heavy atom. The van der Waals surface area contributed by atoms with E-state index in [1.165, 1.54) is 5.56 Å². The van der Waals surface area contributed by atoms with Crippen molar-refractivity contribution in [3.8, 4) is 0 Å². The summed E-state index contributed by atoms with van der Waals surface area (Å²) in [4.78, 5) is 6.76. The van der Waals surface area contributed by atoms with E-state index in [2.05, 4.69) is 55.2 Å². The van der Waals surface area contributed by atoms with Crippen LogP contribution in [0, 0.1) is 13.8 Å². The van der Waals surface area contributed by atoms with E-state index < -0.39 is 0 Å². The highest BCUT2D eigenvalue weighted by molar-refractivity contribution is 5.38. The molecule has 1 aromatic heterocycles. The standard InChI is InChI=1S/C13H23N3/c1-10(2)16(5)7-6-14-13-9-11(3)8-12(4)15-13/h8-10H,6-7H2,1-5H3,(H,14,15). The second kappa shape index (κ2) is 5.85. The molecule has 0 radical (unpaired) electrons. The lowest BCUT2D eigenvalue weighted by Gasteiger charge is -2.21. The summed E-state index contributed by atoms with van der Waals surface area (Å²) in [5.41, 5.74) is 2.33. The Kier molecular flexibility index (Phi) is 4.74. The van der Waals surface area contributed by atoms with Gasteiger partial charge in [-0.15, -0.1) is 0 Å². The molecule has 0 saturated heterocycles. The van der Waals surface area contributed by atoms with Gasteiger partial charge in [-0.05, 0) is 52.4 Å². The molecule has 0 aromatic carbocycles. The molecule has 1 aromatic rings. The highest BCUT2D eigenvalue weighted by Crippen LogP contribution is 2.08. The Bertz CT molecular complexity index is 314. The summed E-state index contributed by atoms with van der Waals surface area (Å²) in [6.45, 7) is 10.5. The molecule has 0 aliphatic carbocycles. The first kappa shape index (κ1) is 13.0. The van der Waals surface area contributed by atoms with Crippen LogP contribution >= 0.6 is 0 Å². The molecule has 16 heavy (non-hydrogen) atoms. The zero-order valence-electron chi connectivity index (χ0n) is 11.0. The van der Waals surface area contributed by atoms with Crippen molar-refractivity contribution in [2.45, 2.75) is 33.7 Å². The zero-order chi connectivity index (χ0) is 12.1. The summed E-state index contributed by atoms with van der Waals surface area (Å²) in [6, 6.07) is 4.77. The normalized spacial score (nSPS) is 11.2. The summed E-state index contributed by atoms with van der Waals surface area (Å²) in [5.74, 6) is 0.981. The van der Waals surface area contributed by atoms with Gasteiger partial charge in [0, 0.05) is 24.8 Å². The second-order valence-electron chi connectivity index (χ2n) is 4.67. The van der Waals surface area contributed by atoms with Gasteiger partial charge in [-0.2, -0.15) is 0 Å². The molecule has 90 valence electrons. The van der Waals surface area contributed by atoms with Crippen molar-refractivity contribution in [3.05, 3.63) is 23.4 Å². The lowest BCUT2D eigenvalue weighted by molar-refractivity contribution is 0.284. The van der Waals surface area contributed by atoms with Gasteiger partial charge in [0.15, 0.2) is 0 Å². The molecule has 0 saturated carbocycles. The van der Waals surface area contributed by atoms with Crippen LogP contribution in [0.25, 0.3) is 0 Å². The monoisotopic (exact) mass is 221 g/mol. The summed E-state index contributed by atoms with van der Waals surface area (Å²) < 4.78 is 0. The number of nitrogens with zero attached hydrogens (tertiary/aromatic N) is 2. The maximum absolute atomic E-state index is 4.45. The molecule has 1 N–H and O–H groups in total. The first-order valence-electron chi connectivity index (χ1n) is 5.88. The van der Waals surface area contributed by atoms with Gasteiger partial charge in [0.25, 0.3) is 0 Å².